The summed E-state index contributed by atoms with van der Waals surface area (Å²) in [5.74, 6) is 2.24. The maximum absolute atomic E-state index is 10.7. The van der Waals surface area contributed by atoms with Crippen LogP contribution in [0.4, 0.5) is 0 Å². The molecule has 3 heterocycles. The molecule has 2 aliphatic heterocycles. The van der Waals surface area contributed by atoms with Crippen molar-refractivity contribution in [2.75, 3.05) is 39.3 Å². The van der Waals surface area contributed by atoms with E-state index in [9.17, 15) is 5.11 Å². The number of benzene rings is 3. The van der Waals surface area contributed by atoms with Gasteiger partial charge in [-0.2, -0.15) is 0 Å². The third-order valence-corrected chi connectivity index (χ3v) is 11.2. The van der Waals surface area contributed by atoms with Gasteiger partial charge in [-0.3, -0.25) is 9.80 Å². The molecule has 0 bridgehead atoms. The Hall–Kier alpha value is -3.06. The van der Waals surface area contributed by atoms with E-state index in [4.69, 9.17) is 9.47 Å². The molecule has 44 heavy (non-hydrogen) atoms. The molecule has 4 aromatic rings. The van der Waals surface area contributed by atoms with Crippen molar-refractivity contribution < 1.29 is 14.6 Å². The minimum atomic E-state index is 0.287. The van der Waals surface area contributed by atoms with Gasteiger partial charge in [-0.15, -0.1) is 11.3 Å². The Morgan fingerprint density at radius 2 is 1.48 bits per heavy atom. The van der Waals surface area contributed by atoms with Gasteiger partial charge in [0.1, 0.15) is 30.0 Å². The lowest BCUT2D eigenvalue weighted by atomic mass is 9.90. The molecule has 0 amide bonds. The molecule has 1 aromatic heterocycles. The van der Waals surface area contributed by atoms with Crippen molar-refractivity contribution in [2.45, 2.75) is 76.4 Å². The molecule has 5 nitrogen and oxygen atoms in total. The summed E-state index contributed by atoms with van der Waals surface area (Å²) in [4.78, 5) is 6.39. The highest BCUT2D eigenvalue weighted by molar-refractivity contribution is 7.22. The lowest BCUT2D eigenvalue weighted by Gasteiger charge is -2.41. The quantitative estimate of drug-likeness (QED) is 0.195. The highest BCUT2D eigenvalue weighted by Gasteiger charge is 2.32. The summed E-state index contributed by atoms with van der Waals surface area (Å²) >= 11 is 1.68. The summed E-state index contributed by atoms with van der Waals surface area (Å²) in [7, 11) is 0. The fraction of sp³-hybridized carbons (Fsp3) is 0.474. The number of phenolic OH excluding ortho intramolecular Hbond substituents is 1. The molecule has 0 radical (unpaired) electrons. The van der Waals surface area contributed by atoms with Gasteiger partial charge in [0.15, 0.2) is 0 Å². The number of nitrogens with zero attached hydrogens (tertiary/aromatic N) is 2. The summed E-state index contributed by atoms with van der Waals surface area (Å²) in [5, 5.41) is 11.9. The first kappa shape index (κ1) is 29.6. The third kappa shape index (κ3) is 6.78. The van der Waals surface area contributed by atoms with Crippen LogP contribution in [-0.2, 0) is 6.42 Å². The minimum Gasteiger partial charge on any atom is -0.506 e. The van der Waals surface area contributed by atoms with Crippen LogP contribution in [-0.4, -0.2) is 66.4 Å². The summed E-state index contributed by atoms with van der Waals surface area (Å²) in [6.45, 7) is 6.55. The molecule has 0 spiro atoms. The first-order valence-corrected chi connectivity index (χ1v) is 17.7. The maximum atomic E-state index is 10.7. The Labute approximate surface area is 266 Å². The van der Waals surface area contributed by atoms with E-state index in [0.29, 0.717) is 11.8 Å². The molecule has 2 atom stereocenters. The Kier molecular flexibility index (Phi) is 9.38. The number of rotatable bonds is 10. The smallest absolute Gasteiger partial charge is 0.133 e. The first-order valence-electron chi connectivity index (χ1n) is 16.9. The second-order valence-corrected chi connectivity index (χ2v) is 13.9. The van der Waals surface area contributed by atoms with E-state index < -0.39 is 0 Å². The zero-order valence-corrected chi connectivity index (χ0v) is 26.7. The van der Waals surface area contributed by atoms with Crippen LogP contribution in [0.1, 0.15) is 68.9 Å². The third-order valence-electron chi connectivity index (χ3n) is 9.91. The molecular formula is C38H46N2O3S. The van der Waals surface area contributed by atoms with Gasteiger partial charge in [-0.25, -0.2) is 0 Å². The molecule has 0 unspecified atom stereocenters. The molecule has 232 valence electrons. The van der Waals surface area contributed by atoms with Crippen molar-refractivity contribution in [3.8, 4) is 27.7 Å². The van der Waals surface area contributed by atoms with Crippen molar-refractivity contribution >= 4 is 21.4 Å². The Bertz CT molecular complexity index is 1500. The zero-order chi connectivity index (χ0) is 29.7. The number of hydrogen-bond donors (Lipinski definition) is 1. The van der Waals surface area contributed by atoms with E-state index in [-0.39, 0.29) is 6.10 Å². The van der Waals surface area contributed by atoms with Crippen LogP contribution in [0.5, 0.6) is 17.2 Å². The molecule has 1 saturated carbocycles. The lowest BCUT2D eigenvalue weighted by Crippen LogP contribution is -2.49. The summed E-state index contributed by atoms with van der Waals surface area (Å²) in [6.07, 6.45) is 12.7. The molecule has 3 aliphatic rings. The SMILES string of the molecule is Oc1cccc2c(Cc3ccc(O[C@H]4CCCC[C@@H]4N4CCCCC4)cc3)c(-c3ccc(OCCN4CCCC4)cc3)sc12. The van der Waals surface area contributed by atoms with Crippen molar-refractivity contribution in [3.63, 3.8) is 0 Å². The number of phenols is 1. The number of hydrogen-bond acceptors (Lipinski definition) is 6. The van der Waals surface area contributed by atoms with Crippen LogP contribution in [0.3, 0.4) is 0 Å². The van der Waals surface area contributed by atoms with Crippen molar-refractivity contribution in [1.82, 2.24) is 9.80 Å². The van der Waals surface area contributed by atoms with Gasteiger partial charge in [0.25, 0.3) is 0 Å². The fourth-order valence-corrected chi connectivity index (χ4v) is 8.75. The topological polar surface area (TPSA) is 45.2 Å². The molecule has 3 aromatic carbocycles. The average Bonchev–Trinajstić information content (AvgIpc) is 3.72. The van der Waals surface area contributed by atoms with Gasteiger partial charge in [0.05, 0.1) is 4.70 Å². The van der Waals surface area contributed by atoms with Crippen LogP contribution >= 0.6 is 11.3 Å². The van der Waals surface area contributed by atoms with Gasteiger partial charge in [0.2, 0.25) is 0 Å². The monoisotopic (exact) mass is 610 g/mol. The van der Waals surface area contributed by atoms with Gasteiger partial charge in [0, 0.05) is 22.8 Å². The highest BCUT2D eigenvalue weighted by Crippen LogP contribution is 2.43. The fourth-order valence-electron chi connectivity index (χ4n) is 7.51. The highest BCUT2D eigenvalue weighted by atomic mass is 32.1. The number of fused-ring (bicyclic) bond motifs is 1. The molecule has 6 heteroatoms. The van der Waals surface area contributed by atoms with Gasteiger partial charge in [-0.1, -0.05) is 37.1 Å². The molecule has 1 aliphatic carbocycles. The second-order valence-electron chi connectivity index (χ2n) is 12.9. The predicted octanol–water partition coefficient (Wildman–Crippen LogP) is 8.52. The number of thiophene rings is 1. The van der Waals surface area contributed by atoms with E-state index in [1.165, 1.54) is 93.5 Å². The van der Waals surface area contributed by atoms with Crippen LogP contribution < -0.4 is 9.47 Å². The van der Waals surface area contributed by atoms with Crippen molar-refractivity contribution in [1.29, 1.82) is 0 Å². The summed E-state index contributed by atoms with van der Waals surface area (Å²) in [6, 6.07) is 23.7. The molecule has 2 saturated heterocycles. The molecule has 7 rings (SSSR count). The molecule has 1 N–H and O–H groups in total. The first-order chi connectivity index (χ1) is 21.7. The van der Waals surface area contributed by atoms with E-state index in [1.807, 2.05) is 6.07 Å². The normalized spacial score (nSPS) is 21.5. The standard InChI is InChI=1S/C38H46N2O3S/c41-35-11-8-9-32-33(37(44-38(32)35)29-15-19-30(20-16-29)42-26-25-39-21-6-7-22-39)27-28-13-17-31(18-14-28)43-36-12-3-2-10-34(36)40-23-4-1-5-24-40/h8-9,11,13-20,34,36,41H,1-7,10,12,21-27H2/t34-,36-/m0/s1. The van der Waals surface area contributed by atoms with Crippen LogP contribution in [0, 0.1) is 0 Å². The second kappa shape index (κ2) is 13.9. The van der Waals surface area contributed by atoms with Crippen LogP contribution in [0.2, 0.25) is 0 Å². The number of ether oxygens (including phenoxy) is 2. The zero-order valence-electron chi connectivity index (χ0n) is 25.9. The molecular weight excluding hydrogens is 564 g/mol. The van der Waals surface area contributed by atoms with Crippen LogP contribution in [0.25, 0.3) is 20.5 Å². The van der Waals surface area contributed by atoms with Crippen molar-refractivity contribution in [3.05, 3.63) is 77.9 Å². The average molecular weight is 611 g/mol. The van der Waals surface area contributed by atoms with E-state index >= 15 is 0 Å². The van der Waals surface area contributed by atoms with Gasteiger partial charge in [-0.05, 0) is 137 Å². The number of aromatic hydroxyl groups is 1. The van der Waals surface area contributed by atoms with E-state index in [1.54, 1.807) is 17.4 Å². The van der Waals surface area contributed by atoms with E-state index in [0.717, 1.165) is 53.1 Å². The number of likely N-dealkylation sites (tertiary alicyclic amines) is 2. The Morgan fingerprint density at radius 3 is 2.27 bits per heavy atom. The van der Waals surface area contributed by atoms with Crippen LogP contribution in [0.15, 0.2) is 66.7 Å². The lowest BCUT2D eigenvalue weighted by molar-refractivity contribution is 0.0261. The summed E-state index contributed by atoms with van der Waals surface area (Å²) < 4.78 is 13.7. The molecule has 3 fully saturated rings. The number of piperidine rings is 1. The summed E-state index contributed by atoms with van der Waals surface area (Å²) in [5.41, 5.74) is 3.67. The predicted molar refractivity (Wildman–Crippen MR) is 181 cm³/mol. The van der Waals surface area contributed by atoms with E-state index in [2.05, 4.69) is 64.4 Å². The largest absolute Gasteiger partial charge is 0.506 e. The van der Waals surface area contributed by atoms with Gasteiger partial charge < -0.3 is 14.6 Å². The van der Waals surface area contributed by atoms with Crippen molar-refractivity contribution in [2.24, 2.45) is 0 Å². The Morgan fingerprint density at radius 1 is 0.750 bits per heavy atom. The maximum Gasteiger partial charge on any atom is 0.133 e. The van der Waals surface area contributed by atoms with Gasteiger partial charge >= 0.3 is 0 Å². The Balaban J connectivity index is 1.06. The minimum absolute atomic E-state index is 0.287.